The molecule has 1 aromatic carbocycles. The average molecular weight is 438 g/mol. The molecule has 0 bridgehead atoms. The Labute approximate surface area is 182 Å². The molecular formula is C22H29ClFN3O3. The molecule has 2 amide bonds. The summed E-state index contributed by atoms with van der Waals surface area (Å²) in [5.41, 5.74) is -0.0977. The number of nitrogens with one attached hydrogen (secondary N) is 1. The first-order valence-corrected chi connectivity index (χ1v) is 10.7. The van der Waals surface area contributed by atoms with E-state index in [4.69, 9.17) is 16.3 Å². The molecule has 6 nitrogen and oxygen atoms in total. The third kappa shape index (κ3) is 5.88. The third-order valence-corrected chi connectivity index (χ3v) is 5.33. The van der Waals surface area contributed by atoms with E-state index in [1.54, 1.807) is 15.9 Å². The van der Waals surface area contributed by atoms with E-state index in [1.165, 1.54) is 12.1 Å². The van der Waals surface area contributed by atoms with Crippen molar-refractivity contribution in [2.75, 3.05) is 25.0 Å². The second kappa shape index (κ2) is 9.25. The fourth-order valence-electron chi connectivity index (χ4n) is 3.80. The number of rotatable bonds is 3. The van der Waals surface area contributed by atoms with E-state index < -0.39 is 17.5 Å². The summed E-state index contributed by atoms with van der Waals surface area (Å²) in [6.07, 6.45) is 5.67. The molecule has 2 aliphatic heterocycles. The van der Waals surface area contributed by atoms with Crippen LogP contribution in [0.3, 0.4) is 0 Å². The highest BCUT2D eigenvalue weighted by Crippen LogP contribution is 2.24. The summed E-state index contributed by atoms with van der Waals surface area (Å²) < 4.78 is 19.2. The number of halogens is 2. The first kappa shape index (κ1) is 22.4. The molecule has 1 N–H and O–H groups in total. The highest BCUT2D eigenvalue weighted by atomic mass is 35.5. The zero-order valence-corrected chi connectivity index (χ0v) is 18.4. The highest BCUT2D eigenvalue weighted by molar-refractivity contribution is 6.30. The van der Waals surface area contributed by atoms with Crippen LogP contribution in [0.4, 0.5) is 14.9 Å². The van der Waals surface area contributed by atoms with Gasteiger partial charge in [-0.3, -0.25) is 4.79 Å². The highest BCUT2D eigenvalue weighted by Gasteiger charge is 2.35. The van der Waals surface area contributed by atoms with Crippen molar-refractivity contribution in [1.82, 2.24) is 9.80 Å². The first-order valence-electron chi connectivity index (χ1n) is 10.3. The number of hydrogen-bond acceptors (Lipinski definition) is 4. The molecule has 0 aliphatic carbocycles. The molecule has 2 heterocycles. The van der Waals surface area contributed by atoms with Crippen molar-refractivity contribution >= 4 is 29.3 Å². The van der Waals surface area contributed by atoms with E-state index in [-0.39, 0.29) is 23.1 Å². The molecule has 2 unspecified atom stereocenters. The lowest BCUT2D eigenvalue weighted by atomic mass is 10.0. The van der Waals surface area contributed by atoms with Gasteiger partial charge in [0.2, 0.25) is 5.91 Å². The Balaban J connectivity index is 1.70. The van der Waals surface area contributed by atoms with Crippen molar-refractivity contribution in [1.29, 1.82) is 0 Å². The van der Waals surface area contributed by atoms with Gasteiger partial charge in [-0.1, -0.05) is 23.8 Å². The van der Waals surface area contributed by atoms with Gasteiger partial charge in [0.15, 0.2) is 0 Å². The molecular weight excluding hydrogens is 409 g/mol. The number of nitrogens with zero attached hydrogens (tertiary/aromatic N) is 2. The van der Waals surface area contributed by atoms with Crippen LogP contribution >= 0.6 is 11.6 Å². The van der Waals surface area contributed by atoms with Gasteiger partial charge in [-0.2, -0.15) is 0 Å². The summed E-state index contributed by atoms with van der Waals surface area (Å²) in [7, 11) is 0. The van der Waals surface area contributed by atoms with Crippen LogP contribution in [-0.4, -0.2) is 59.1 Å². The van der Waals surface area contributed by atoms with Gasteiger partial charge < -0.3 is 19.9 Å². The Morgan fingerprint density at radius 2 is 2.03 bits per heavy atom. The van der Waals surface area contributed by atoms with Crippen molar-refractivity contribution in [3.8, 4) is 0 Å². The van der Waals surface area contributed by atoms with Crippen LogP contribution in [0.1, 0.15) is 40.0 Å². The smallest absolute Gasteiger partial charge is 0.410 e. The summed E-state index contributed by atoms with van der Waals surface area (Å²) in [4.78, 5) is 29.3. The van der Waals surface area contributed by atoms with Crippen molar-refractivity contribution in [2.24, 2.45) is 0 Å². The van der Waals surface area contributed by atoms with Crippen LogP contribution in [0.2, 0.25) is 5.02 Å². The van der Waals surface area contributed by atoms with Gasteiger partial charge in [-0.05, 0) is 58.2 Å². The largest absolute Gasteiger partial charge is 0.444 e. The SMILES string of the molecule is CC(C)(C)OC(=O)N1CCCC(N2CC=CCC(Nc3cc(F)cc(Cl)c3)C2=O)C1. The van der Waals surface area contributed by atoms with Gasteiger partial charge in [-0.25, -0.2) is 9.18 Å². The van der Waals surface area contributed by atoms with Crippen molar-refractivity contribution in [3.63, 3.8) is 0 Å². The van der Waals surface area contributed by atoms with E-state index in [9.17, 15) is 14.0 Å². The quantitative estimate of drug-likeness (QED) is 0.710. The Kier molecular flexibility index (Phi) is 6.91. The third-order valence-electron chi connectivity index (χ3n) is 5.11. The summed E-state index contributed by atoms with van der Waals surface area (Å²) in [5, 5.41) is 3.38. The van der Waals surface area contributed by atoms with Gasteiger partial charge in [-0.15, -0.1) is 0 Å². The van der Waals surface area contributed by atoms with Gasteiger partial charge in [0.25, 0.3) is 0 Å². The Bertz CT molecular complexity index is 804. The number of likely N-dealkylation sites (tertiary alicyclic amines) is 1. The van der Waals surface area contributed by atoms with E-state index in [1.807, 2.05) is 32.9 Å². The fourth-order valence-corrected chi connectivity index (χ4v) is 4.02. The van der Waals surface area contributed by atoms with Crippen LogP contribution in [0.25, 0.3) is 0 Å². The number of anilines is 1. The lowest BCUT2D eigenvalue weighted by Crippen LogP contribution is -2.54. The minimum Gasteiger partial charge on any atom is -0.444 e. The molecule has 1 fully saturated rings. The molecule has 2 atom stereocenters. The number of carbonyl (C=O) groups excluding carboxylic acids is 2. The van der Waals surface area contributed by atoms with Crippen molar-refractivity contribution in [3.05, 3.63) is 41.2 Å². The van der Waals surface area contributed by atoms with Gasteiger partial charge in [0.1, 0.15) is 17.5 Å². The Morgan fingerprint density at radius 3 is 2.73 bits per heavy atom. The molecule has 8 heteroatoms. The number of carbonyl (C=O) groups is 2. The number of amides is 2. The molecule has 30 heavy (non-hydrogen) atoms. The summed E-state index contributed by atoms with van der Waals surface area (Å²) in [6, 6.07) is 3.52. The van der Waals surface area contributed by atoms with Gasteiger partial charge >= 0.3 is 6.09 Å². The second-order valence-corrected chi connectivity index (χ2v) is 9.21. The van der Waals surface area contributed by atoms with Crippen molar-refractivity contribution < 1.29 is 18.7 Å². The molecule has 1 saturated heterocycles. The maximum atomic E-state index is 13.7. The molecule has 0 aromatic heterocycles. The van der Waals surface area contributed by atoms with Crippen LogP contribution in [0.5, 0.6) is 0 Å². The van der Waals surface area contributed by atoms with Crippen LogP contribution < -0.4 is 5.32 Å². The number of hydrogen-bond donors (Lipinski definition) is 1. The maximum Gasteiger partial charge on any atom is 0.410 e. The van der Waals surface area contributed by atoms with Crippen LogP contribution in [-0.2, 0) is 9.53 Å². The van der Waals surface area contributed by atoms with Gasteiger partial charge in [0, 0.05) is 36.4 Å². The number of piperidine rings is 1. The fraction of sp³-hybridized carbons (Fsp3) is 0.545. The molecule has 0 radical (unpaired) electrons. The zero-order chi connectivity index (χ0) is 21.9. The maximum absolute atomic E-state index is 13.7. The summed E-state index contributed by atoms with van der Waals surface area (Å²) in [6.45, 7) is 7.05. The molecule has 0 spiro atoms. The monoisotopic (exact) mass is 437 g/mol. The van der Waals surface area contributed by atoms with Crippen LogP contribution in [0.15, 0.2) is 30.4 Å². The standard InChI is InChI=1S/C22H29ClFN3O3/c1-22(2,3)30-21(29)26-9-6-7-18(14-26)27-10-5-4-8-19(20(27)28)25-17-12-15(23)11-16(24)13-17/h4-5,11-13,18-19,25H,6-10,14H2,1-3H3. The predicted octanol–water partition coefficient (Wildman–Crippen LogP) is 4.45. The minimum atomic E-state index is -0.563. The Morgan fingerprint density at radius 1 is 1.27 bits per heavy atom. The topological polar surface area (TPSA) is 61.9 Å². The average Bonchev–Trinajstić information content (AvgIpc) is 2.82. The second-order valence-electron chi connectivity index (χ2n) is 8.78. The van der Waals surface area contributed by atoms with Crippen LogP contribution in [0, 0.1) is 5.82 Å². The zero-order valence-electron chi connectivity index (χ0n) is 17.7. The molecule has 2 aliphatic rings. The summed E-state index contributed by atoms with van der Waals surface area (Å²) in [5.74, 6) is -0.532. The normalized spacial score (nSPS) is 22.6. The van der Waals surface area contributed by atoms with E-state index in [2.05, 4.69) is 5.32 Å². The van der Waals surface area contributed by atoms with E-state index in [0.717, 1.165) is 12.8 Å². The van der Waals surface area contributed by atoms with Gasteiger partial charge in [0.05, 0.1) is 0 Å². The number of benzene rings is 1. The molecule has 164 valence electrons. The lowest BCUT2D eigenvalue weighted by Gasteiger charge is -2.40. The lowest BCUT2D eigenvalue weighted by molar-refractivity contribution is -0.134. The van der Waals surface area contributed by atoms with E-state index in [0.29, 0.717) is 31.7 Å². The molecule has 0 saturated carbocycles. The summed E-state index contributed by atoms with van der Waals surface area (Å²) >= 11 is 5.94. The molecule has 1 aromatic rings. The Hall–Kier alpha value is -2.28. The van der Waals surface area contributed by atoms with Crippen molar-refractivity contribution in [2.45, 2.75) is 57.7 Å². The molecule has 3 rings (SSSR count). The van der Waals surface area contributed by atoms with E-state index >= 15 is 0 Å². The minimum absolute atomic E-state index is 0.0728. The first-order chi connectivity index (χ1) is 14.1. The number of ether oxygens (including phenoxy) is 1. The predicted molar refractivity (Wildman–Crippen MR) is 115 cm³/mol.